The molecule has 0 bridgehead atoms. The normalized spacial score (nSPS) is 21.5. The molecular weight excluding hydrogens is 424 g/mol. The molecule has 33 heavy (non-hydrogen) atoms. The van der Waals surface area contributed by atoms with Crippen LogP contribution in [-0.2, 0) is 20.9 Å². The SMILES string of the molecule is CONC(=O)C1=CC(C)C(CC/C(=C/N=CN)CNc2cnn(CCO)c2)=CC(OC)C1C. The molecule has 0 saturated heterocycles. The van der Waals surface area contributed by atoms with Gasteiger partial charge in [-0.05, 0) is 24.3 Å². The third kappa shape index (κ3) is 7.85. The molecule has 1 heterocycles. The van der Waals surface area contributed by atoms with E-state index in [0.29, 0.717) is 18.7 Å². The first-order valence-corrected chi connectivity index (χ1v) is 11.0. The number of methoxy groups -OCH3 is 1. The number of carbonyl (C=O) groups is 1. The second-order valence-electron chi connectivity index (χ2n) is 7.93. The Kier molecular flexibility index (Phi) is 10.8. The molecule has 2 rings (SSSR count). The minimum atomic E-state index is -0.252. The summed E-state index contributed by atoms with van der Waals surface area (Å²) >= 11 is 0. The van der Waals surface area contributed by atoms with Gasteiger partial charge in [-0.25, -0.2) is 10.5 Å². The van der Waals surface area contributed by atoms with Gasteiger partial charge in [0.05, 0.1) is 44.6 Å². The van der Waals surface area contributed by atoms with Gasteiger partial charge in [-0.15, -0.1) is 0 Å². The first-order chi connectivity index (χ1) is 15.9. The van der Waals surface area contributed by atoms with Crippen molar-refractivity contribution in [1.82, 2.24) is 15.3 Å². The van der Waals surface area contributed by atoms with Crippen molar-refractivity contribution in [2.45, 2.75) is 39.3 Å². The van der Waals surface area contributed by atoms with Crippen molar-refractivity contribution in [3.63, 3.8) is 0 Å². The van der Waals surface area contributed by atoms with E-state index in [-0.39, 0.29) is 30.5 Å². The number of aromatic nitrogens is 2. The molecule has 10 heteroatoms. The smallest absolute Gasteiger partial charge is 0.270 e. The molecule has 1 aliphatic rings. The number of carbonyl (C=O) groups excluding carboxylic acids is 1. The van der Waals surface area contributed by atoms with Crippen LogP contribution in [0.25, 0.3) is 0 Å². The van der Waals surface area contributed by atoms with Crippen LogP contribution in [0.4, 0.5) is 5.69 Å². The topological polar surface area (TPSA) is 136 Å². The quantitative estimate of drug-likeness (QED) is 0.161. The summed E-state index contributed by atoms with van der Waals surface area (Å²) in [5.41, 5.74) is 11.6. The number of allylic oxidation sites excluding steroid dienone is 2. The molecule has 0 saturated carbocycles. The molecule has 0 fully saturated rings. The number of anilines is 1. The molecule has 1 aliphatic carbocycles. The van der Waals surface area contributed by atoms with Crippen LogP contribution in [0.3, 0.4) is 0 Å². The van der Waals surface area contributed by atoms with Crippen molar-refractivity contribution in [3.8, 4) is 0 Å². The number of amides is 1. The van der Waals surface area contributed by atoms with E-state index in [1.807, 2.05) is 19.2 Å². The zero-order valence-electron chi connectivity index (χ0n) is 19.8. The third-order valence-electron chi connectivity index (χ3n) is 5.67. The van der Waals surface area contributed by atoms with E-state index in [9.17, 15) is 4.79 Å². The zero-order chi connectivity index (χ0) is 24.2. The number of nitrogens with two attached hydrogens (primary N) is 1. The van der Waals surface area contributed by atoms with Gasteiger partial charge in [0.1, 0.15) is 0 Å². The molecule has 0 spiro atoms. The first-order valence-electron chi connectivity index (χ1n) is 11.0. The van der Waals surface area contributed by atoms with Gasteiger partial charge in [0.2, 0.25) is 0 Å². The predicted octanol–water partition coefficient (Wildman–Crippen LogP) is 1.77. The highest BCUT2D eigenvalue weighted by Crippen LogP contribution is 2.31. The van der Waals surface area contributed by atoms with Crippen LogP contribution in [0.1, 0.15) is 26.7 Å². The highest BCUT2D eigenvalue weighted by atomic mass is 16.6. The maximum absolute atomic E-state index is 12.5. The number of nitrogens with one attached hydrogen (secondary N) is 2. The minimum absolute atomic E-state index is 0.0369. The van der Waals surface area contributed by atoms with E-state index in [0.717, 1.165) is 24.1 Å². The second-order valence-corrected chi connectivity index (χ2v) is 7.93. The maximum atomic E-state index is 12.5. The minimum Gasteiger partial charge on any atom is -0.394 e. The Bertz CT molecular complexity index is 889. The fourth-order valence-corrected chi connectivity index (χ4v) is 3.78. The Labute approximate surface area is 195 Å². The lowest BCUT2D eigenvalue weighted by Crippen LogP contribution is -2.31. The number of hydroxylamine groups is 1. The fourth-order valence-electron chi connectivity index (χ4n) is 3.78. The van der Waals surface area contributed by atoms with E-state index >= 15 is 0 Å². The van der Waals surface area contributed by atoms with E-state index in [2.05, 4.69) is 33.9 Å². The molecule has 0 aromatic carbocycles. The Morgan fingerprint density at radius 2 is 2.15 bits per heavy atom. The molecule has 1 aromatic heterocycles. The van der Waals surface area contributed by atoms with Crippen molar-refractivity contribution < 1.29 is 19.5 Å². The number of nitrogens with zero attached hydrogens (tertiary/aromatic N) is 3. The Hall–Kier alpha value is -2.95. The molecule has 0 aliphatic heterocycles. The first kappa shape index (κ1) is 26.3. The van der Waals surface area contributed by atoms with Crippen molar-refractivity contribution >= 4 is 17.9 Å². The van der Waals surface area contributed by atoms with Crippen LogP contribution in [0.5, 0.6) is 0 Å². The maximum Gasteiger partial charge on any atom is 0.270 e. The van der Waals surface area contributed by atoms with Crippen LogP contribution in [0, 0.1) is 11.8 Å². The van der Waals surface area contributed by atoms with Gasteiger partial charge in [0.15, 0.2) is 0 Å². The van der Waals surface area contributed by atoms with Crippen molar-refractivity contribution in [2.75, 3.05) is 32.7 Å². The summed E-state index contributed by atoms with van der Waals surface area (Å²) < 4.78 is 7.37. The van der Waals surface area contributed by atoms with Crippen LogP contribution in [0.15, 0.2) is 52.5 Å². The fraction of sp³-hybridized carbons (Fsp3) is 0.522. The number of ether oxygens (including phenoxy) is 1. The molecular formula is C23H36N6O4. The third-order valence-corrected chi connectivity index (χ3v) is 5.67. The summed E-state index contributed by atoms with van der Waals surface area (Å²) in [6, 6.07) is 0. The van der Waals surface area contributed by atoms with E-state index in [1.165, 1.54) is 19.0 Å². The average Bonchev–Trinajstić information content (AvgIpc) is 3.21. The summed E-state index contributed by atoms with van der Waals surface area (Å²) in [5, 5.41) is 16.6. The van der Waals surface area contributed by atoms with Gasteiger partial charge >= 0.3 is 0 Å². The number of aliphatic imine (C=N–C) groups is 1. The monoisotopic (exact) mass is 460 g/mol. The highest BCUT2D eigenvalue weighted by molar-refractivity contribution is 5.93. The second kappa shape index (κ2) is 13.6. The van der Waals surface area contributed by atoms with E-state index in [4.69, 9.17) is 20.4 Å². The average molecular weight is 461 g/mol. The van der Waals surface area contributed by atoms with Crippen LogP contribution < -0.4 is 16.5 Å². The molecule has 1 aromatic rings. The van der Waals surface area contributed by atoms with Crippen LogP contribution in [0.2, 0.25) is 0 Å². The van der Waals surface area contributed by atoms with Crippen LogP contribution >= 0.6 is 0 Å². The summed E-state index contributed by atoms with van der Waals surface area (Å²) in [7, 11) is 3.07. The summed E-state index contributed by atoms with van der Waals surface area (Å²) in [6.07, 6.45) is 12.0. The molecule has 1 amide bonds. The van der Waals surface area contributed by atoms with Crippen LogP contribution in [-0.4, -0.2) is 60.6 Å². The zero-order valence-corrected chi connectivity index (χ0v) is 19.8. The van der Waals surface area contributed by atoms with Gasteiger partial charge in [-0.2, -0.15) is 5.10 Å². The van der Waals surface area contributed by atoms with Gasteiger partial charge in [-0.1, -0.05) is 31.6 Å². The Balaban J connectivity index is 2.11. The van der Waals surface area contributed by atoms with Crippen molar-refractivity contribution in [1.29, 1.82) is 0 Å². The largest absolute Gasteiger partial charge is 0.394 e. The number of hydrogen-bond donors (Lipinski definition) is 4. The van der Waals surface area contributed by atoms with E-state index in [1.54, 1.807) is 24.2 Å². The number of aliphatic hydroxyl groups excluding tert-OH is 1. The predicted molar refractivity (Wildman–Crippen MR) is 128 cm³/mol. The van der Waals surface area contributed by atoms with Gasteiger partial charge in [0.25, 0.3) is 5.91 Å². The lowest BCUT2D eigenvalue weighted by atomic mass is 9.93. The van der Waals surface area contributed by atoms with Gasteiger partial charge in [-0.3, -0.25) is 14.3 Å². The number of hydrogen-bond acceptors (Lipinski definition) is 7. The van der Waals surface area contributed by atoms with Gasteiger partial charge in [0, 0.05) is 37.5 Å². The lowest BCUT2D eigenvalue weighted by molar-refractivity contribution is -0.128. The molecule has 0 radical (unpaired) electrons. The standard InChI is InChI=1S/C23H36N6O4/c1-16-9-21(23(31)28-33-4)17(2)22(32-3)10-19(16)6-5-18(11-25-15-24)12-26-20-13-27-29(14-20)7-8-30/h9-11,13-17,22,26,30H,5-8,12H2,1-4H3,(H2,24,25)(H,28,31)/b18-11-. The Morgan fingerprint density at radius 3 is 2.82 bits per heavy atom. The van der Waals surface area contributed by atoms with Gasteiger partial charge < -0.3 is 20.9 Å². The van der Waals surface area contributed by atoms with Crippen molar-refractivity contribution in [2.24, 2.45) is 22.6 Å². The van der Waals surface area contributed by atoms with Crippen molar-refractivity contribution in [3.05, 3.63) is 47.5 Å². The summed E-state index contributed by atoms with van der Waals surface area (Å²) in [4.78, 5) is 21.4. The summed E-state index contributed by atoms with van der Waals surface area (Å²) in [5.74, 6) is -0.300. The molecule has 3 atom stereocenters. The Morgan fingerprint density at radius 1 is 1.36 bits per heavy atom. The highest BCUT2D eigenvalue weighted by Gasteiger charge is 2.28. The lowest BCUT2D eigenvalue weighted by Gasteiger charge is -2.20. The molecule has 5 N–H and O–H groups in total. The number of rotatable bonds is 12. The summed E-state index contributed by atoms with van der Waals surface area (Å²) in [6.45, 7) is 5.11. The molecule has 10 nitrogen and oxygen atoms in total. The van der Waals surface area contributed by atoms with E-state index < -0.39 is 0 Å². The molecule has 3 unspecified atom stereocenters. The molecule has 182 valence electrons. The number of aliphatic hydroxyl groups is 1.